The van der Waals surface area contributed by atoms with Gasteiger partial charge in [-0.05, 0) is 30.2 Å². The van der Waals surface area contributed by atoms with Crippen LogP contribution in [0.2, 0.25) is 5.02 Å². The van der Waals surface area contributed by atoms with Gasteiger partial charge in [0, 0.05) is 10.6 Å². The Bertz CT molecular complexity index is 630. The molecule has 0 saturated carbocycles. The van der Waals surface area contributed by atoms with Crippen molar-refractivity contribution < 1.29 is 9.21 Å². The number of Topliss-reactive ketones (excluding diaryl/α,β-unsaturated/α-hetero) is 1. The van der Waals surface area contributed by atoms with Crippen molar-refractivity contribution in [2.75, 3.05) is 5.75 Å². The van der Waals surface area contributed by atoms with Crippen LogP contribution in [0.1, 0.15) is 42.6 Å². The third kappa shape index (κ3) is 4.32. The van der Waals surface area contributed by atoms with E-state index in [2.05, 4.69) is 17.1 Å². The molecule has 0 unspecified atom stereocenters. The van der Waals surface area contributed by atoms with E-state index in [0.717, 1.165) is 6.42 Å². The van der Waals surface area contributed by atoms with Crippen LogP contribution in [-0.2, 0) is 0 Å². The van der Waals surface area contributed by atoms with E-state index < -0.39 is 0 Å². The van der Waals surface area contributed by atoms with Crippen LogP contribution in [0.5, 0.6) is 0 Å². The summed E-state index contributed by atoms with van der Waals surface area (Å²) in [6, 6.07) is 6.50. The topological polar surface area (TPSA) is 82.0 Å². The van der Waals surface area contributed by atoms with Crippen LogP contribution in [-0.4, -0.2) is 21.7 Å². The normalized spacial score (nSPS) is 13.8. The van der Waals surface area contributed by atoms with Crippen molar-refractivity contribution in [3.8, 4) is 0 Å². The minimum Gasteiger partial charge on any atom is -0.414 e. The van der Waals surface area contributed by atoms with E-state index in [4.69, 9.17) is 21.8 Å². The molecule has 0 aliphatic carbocycles. The number of thioether (sulfide) groups is 1. The molecule has 1 aromatic carbocycles. The Morgan fingerprint density at radius 1 is 1.36 bits per heavy atom. The Labute approximate surface area is 138 Å². The molecule has 0 spiro atoms. The summed E-state index contributed by atoms with van der Waals surface area (Å²) in [7, 11) is 0. The first-order valence-electron chi connectivity index (χ1n) is 7.01. The smallest absolute Gasteiger partial charge is 0.277 e. The average Bonchev–Trinajstić information content (AvgIpc) is 3.00. The zero-order valence-corrected chi connectivity index (χ0v) is 14.0. The summed E-state index contributed by atoms with van der Waals surface area (Å²) in [6.45, 7) is 4.09. The second kappa shape index (κ2) is 7.76. The summed E-state index contributed by atoms with van der Waals surface area (Å²) in [5.41, 5.74) is 6.64. The lowest BCUT2D eigenvalue weighted by molar-refractivity contribution is 0.102. The second-order valence-electron chi connectivity index (χ2n) is 5.04. The lowest BCUT2D eigenvalue weighted by Gasteiger charge is -2.13. The number of rotatable bonds is 7. The van der Waals surface area contributed by atoms with E-state index in [1.165, 1.54) is 11.8 Å². The predicted octanol–water partition coefficient (Wildman–Crippen LogP) is 3.74. The van der Waals surface area contributed by atoms with Crippen molar-refractivity contribution in [3.05, 3.63) is 40.7 Å². The minimum absolute atomic E-state index is 0.0207. The highest BCUT2D eigenvalue weighted by molar-refractivity contribution is 7.99. The lowest BCUT2D eigenvalue weighted by Crippen LogP contribution is -2.18. The third-order valence-electron chi connectivity index (χ3n) is 3.46. The number of ketones is 1. The number of nitrogens with two attached hydrogens (primary N) is 1. The van der Waals surface area contributed by atoms with Gasteiger partial charge in [0.05, 0.1) is 11.8 Å². The van der Waals surface area contributed by atoms with Crippen molar-refractivity contribution in [2.24, 2.45) is 11.7 Å². The number of carbonyl (C=O) groups is 1. The van der Waals surface area contributed by atoms with Gasteiger partial charge in [0.25, 0.3) is 5.22 Å². The molecule has 118 valence electrons. The van der Waals surface area contributed by atoms with Crippen molar-refractivity contribution in [2.45, 2.75) is 31.5 Å². The number of hydrogen-bond donors (Lipinski definition) is 1. The van der Waals surface area contributed by atoms with Crippen LogP contribution in [0.15, 0.2) is 33.9 Å². The summed E-state index contributed by atoms with van der Waals surface area (Å²) in [4.78, 5) is 12.0. The maximum Gasteiger partial charge on any atom is 0.277 e. The summed E-state index contributed by atoms with van der Waals surface area (Å²) in [5.74, 6) is 0.874. The molecule has 2 atom stereocenters. The average molecular weight is 340 g/mol. The van der Waals surface area contributed by atoms with Crippen LogP contribution < -0.4 is 5.73 Å². The number of hydrogen-bond acceptors (Lipinski definition) is 6. The van der Waals surface area contributed by atoms with Crippen LogP contribution in [0.3, 0.4) is 0 Å². The molecule has 1 aromatic heterocycles. The maximum atomic E-state index is 12.0. The molecule has 0 aliphatic heterocycles. The van der Waals surface area contributed by atoms with Gasteiger partial charge in [-0.2, -0.15) is 0 Å². The van der Waals surface area contributed by atoms with Crippen molar-refractivity contribution in [1.29, 1.82) is 0 Å². The summed E-state index contributed by atoms with van der Waals surface area (Å²) < 4.78 is 5.52. The van der Waals surface area contributed by atoms with Crippen LogP contribution >= 0.6 is 23.4 Å². The van der Waals surface area contributed by atoms with Gasteiger partial charge in [0.2, 0.25) is 5.89 Å². The Morgan fingerprint density at radius 3 is 2.68 bits per heavy atom. The van der Waals surface area contributed by atoms with Gasteiger partial charge in [0.15, 0.2) is 5.78 Å². The maximum absolute atomic E-state index is 12.0. The molecule has 0 amide bonds. The van der Waals surface area contributed by atoms with Gasteiger partial charge >= 0.3 is 0 Å². The number of nitrogens with zero attached hydrogens (tertiary/aromatic N) is 2. The molecule has 2 aromatic rings. The predicted molar refractivity (Wildman–Crippen MR) is 87.2 cm³/mol. The second-order valence-corrected chi connectivity index (χ2v) is 6.40. The molecule has 22 heavy (non-hydrogen) atoms. The van der Waals surface area contributed by atoms with Crippen molar-refractivity contribution in [3.63, 3.8) is 0 Å². The minimum atomic E-state index is -0.279. The Hall–Kier alpha value is -1.37. The summed E-state index contributed by atoms with van der Waals surface area (Å²) in [6.07, 6.45) is 0.932. The zero-order chi connectivity index (χ0) is 16.1. The SMILES string of the molecule is CC[C@H](C)[C@@H](N)c1nnc(SCC(=O)c2ccc(Cl)cc2)o1. The number of benzene rings is 1. The molecule has 7 heteroatoms. The molecular weight excluding hydrogens is 322 g/mol. The molecular formula is C15H18ClN3O2S. The molecule has 5 nitrogen and oxygen atoms in total. The van der Waals surface area contributed by atoms with Gasteiger partial charge in [-0.1, -0.05) is 43.6 Å². The molecule has 1 heterocycles. The van der Waals surface area contributed by atoms with E-state index >= 15 is 0 Å². The Balaban J connectivity index is 1.93. The molecule has 0 aliphatic rings. The molecule has 0 bridgehead atoms. The van der Waals surface area contributed by atoms with Gasteiger partial charge < -0.3 is 10.2 Å². The van der Waals surface area contributed by atoms with Crippen molar-refractivity contribution in [1.82, 2.24) is 10.2 Å². The largest absolute Gasteiger partial charge is 0.414 e. The standard InChI is InChI=1S/C15H18ClN3O2S/c1-3-9(2)13(17)14-18-19-15(21-14)22-8-12(20)10-4-6-11(16)7-5-10/h4-7,9,13H,3,8,17H2,1-2H3/t9-,13+/m0/s1. The third-order valence-corrected chi connectivity index (χ3v) is 4.53. The fraction of sp³-hybridized carbons (Fsp3) is 0.400. The lowest BCUT2D eigenvalue weighted by atomic mass is 10.0. The molecule has 0 fully saturated rings. The van der Waals surface area contributed by atoms with E-state index in [0.29, 0.717) is 21.7 Å². The fourth-order valence-electron chi connectivity index (χ4n) is 1.76. The first-order valence-corrected chi connectivity index (χ1v) is 8.38. The van der Waals surface area contributed by atoms with E-state index in [1.807, 2.05) is 6.92 Å². The number of carbonyl (C=O) groups excluding carboxylic acids is 1. The van der Waals surface area contributed by atoms with Crippen molar-refractivity contribution >= 4 is 29.1 Å². The number of aromatic nitrogens is 2. The molecule has 2 N–H and O–H groups in total. The monoisotopic (exact) mass is 339 g/mol. The van der Waals surface area contributed by atoms with Crippen LogP contribution in [0, 0.1) is 5.92 Å². The van der Waals surface area contributed by atoms with Crippen LogP contribution in [0.25, 0.3) is 0 Å². The van der Waals surface area contributed by atoms with E-state index in [-0.39, 0.29) is 23.5 Å². The van der Waals surface area contributed by atoms with Gasteiger partial charge in [-0.25, -0.2) is 0 Å². The van der Waals surface area contributed by atoms with E-state index in [1.54, 1.807) is 24.3 Å². The highest BCUT2D eigenvalue weighted by Gasteiger charge is 2.20. The number of halogens is 1. The van der Waals surface area contributed by atoms with Gasteiger partial charge in [-0.15, -0.1) is 10.2 Å². The van der Waals surface area contributed by atoms with E-state index in [9.17, 15) is 4.79 Å². The molecule has 0 saturated heterocycles. The van der Waals surface area contributed by atoms with Gasteiger partial charge in [0.1, 0.15) is 0 Å². The Morgan fingerprint density at radius 2 is 2.05 bits per heavy atom. The first-order chi connectivity index (χ1) is 10.5. The van der Waals surface area contributed by atoms with Gasteiger partial charge in [-0.3, -0.25) is 4.79 Å². The van der Waals surface area contributed by atoms with Crippen LogP contribution in [0.4, 0.5) is 0 Å². The fourth-order valence-corrected chi connectivity index (χ4v) is 2.55. The highest BCUT2D eigenvalue weighted by Crippen LogP contribution is 2.24. The Kier molecular flexibility index (Phi) is 5.99. The quantitative estimate of drug-likeness (QED) is 0.611. The summed E-state index contributed by atoms with van der Waals surface area (Å²) >= 11 is 7.00. The first kappa shape index (κ1) is 17.0. The zero-order valence-electron chi connectivity index (χ0n) is 12.5. The summed E-state index contributed by atoms with van der Waals surface area (Å²) in [5, 5.41) is 8.84. The molecule has 2 rings (SSSR count). The highest BCUT2D eigenvalue weighted by atomic mass is 35.5. The molecule has 0 radical (unpaired) electrons.